The van der Waals surface area contributed by atoms with E-state index in [9.17, 15) is 9.90 Å². The molecule has 1 rings (SSSR count). The molecule has 102 valence electrons. The maximum absolute atomic E-state index is 11.4. The quantitative estimate of drug-likeness (QED) is 0.832. The second kappa shape index (κ2) is 5.71. The predicted octanol–water partition coefficient (Wildman–Crippen LogP) is 2.00. The van der Waals surface area contributed by atoms with Gasteiger partial charge >= 0.3 is 5.97 Å². The summed E-state index contributed by atoms with van der Waals surface area (Å²) in [4.78, 5) is 11.4. The molecule has 0 amide bonds. The molecular weight excluding hydrogens is 254 g/mol. The first-order chi connectivity index (χ1) is 8.31. The lowest BCUT2D eigenvalue weighted by atomic mass is 10.0. The SMILES string of the molecule is CCCNC(C)(Cn1nc(C)c(Cl)c1C)C(=O)O. The molecule has 1 aromatic heterocycles. The van der Waals surface area contributed by atoms with Crippen LogP contribution < -0.4 is 5.32 Å². The van der Waals surface area contributed by atoms with Gasteiger partial charge in [0.1, 0.15) is 5.54 Å². The van der Waals surface area contributed by atoms with Gasteiger partial charge in [0.25, 0.3) is 0 Å². The lowest BCUT2D eigenvalue weighted by Crippen LogP contribution is -2.53. The third kappa shape index (κ3) is 3.03. The Kier molecular flexibility index (Phi) is 4.76. The number of carbonyl (C=O) groups is 1. The second-order valence-electron chi connectivity index (χ2n) is 4.71. The number of rotatable bonds is 6. The molecular formula is C12H20ClN3O2. The minimum atomic E-state index is -1.04. The van der Waals surface area contributed by atoms with Gasteiger partial charge in [-0.2, -0.15) is 5.10 Å². The van der Waals surface area contributed by atoms with Crippen molar-refractivity contribution in [2.75, 3.05) is 6.54 Å². The van der Waals surface area contributed by atoms with Crippen molar-refractivity contribution < 1.29 is 9.90 Å². The first-order valence-electron chi connectivity index (χ1n) is 5.99. The van der Waals surface area contributed by atoms with E-state index in [1.54, 1.807) is 11.6 Å². The van der Waals surface area contributed by atoms with Crippen LogP contribution in [0.3, 0.4) is 0 Å². The highest BCUT2D eigenvalue weighted by atomic mass is 35.5. The van der Waals surface area contributed by atoms with Crippen LogP contribution in [0, 0.1) is 13.8 Å². The summed E-state index contributed by atoms with van der Waals surface area (Å²) >= 11 is 6.06. The Morgan fingerprint density at radius 1 is 1.56 bits per heavy atom. The third-order valence-electron chi connectivity index (χ3n) is 3.00. The number of halogens is 1. The van der Waals surface area contributed by atoms with Crippen LogP contribution in [0.15, 0.2) is 0 Å². The smallest absolute Gasteiger partial charge is 0.325 e. The largest absolute Gasteiger partial charge is 0.480 e. The molecule has 0 saturated carbocycles. The lowest BCUT2D eigenvalue weighted by molar-refractivity contribution is -0.144. The molecule has 0 saturated heterocycles. The van der Waals surface area contributed by atoms with Crippen LogP contribution in [0.5, 0.6) is 0 Å². The molecule has 0 aromatic carbocycles. The Bertz CT molecular complexity index is 445. The molecule has 18 heavy (non-hydrogen) atoms. The summed E-state index contributed by atoms with van der Waals surface area (Å²) in [6.45, 7) is 8.20. The van der Waals surface area contributed by atoms with Crippen molar-refractivity contribution in [3.05, 3.63) is 16.4 Å². The average molecular weight is 274 g/mol. The van der Waals surface area contributed by atoms with Gasteiger partial charge in [0, 0.05) is 0 Å². The molecule has 1 unspecified atom stereocenters. The summed E-state index contributed by atoms with van der Waals surface area (Å²) in [6.07, 6.45) is 0.876. The van der Waals surface area contributed by atoms with Crippen molar-refractivity contribution in [1.82, 2.24) is 15.1 Å². The Hall–Kier alpha value is -1.07. The van der Waals surface area contributed by atoms with E-state index >= 15 is 0 Å². The van der Waals surface area contributed by atoms with E-state index in [1.165, 1.54) is 0 Å². The van der Waals surface area contributed by atoms with Gasteiger partial charge in [0.05, 0.1) is 23.0 Å². The molecule has 1 atom stereocenters. The van der Waals surface area contributed by atoms with Crippen molar-refractivity contribution in [1.29, 1.82) is 0 Å². The van der Waals surface area contributed by atoms with E-state index in [0.717, 1.165) is 17.8 Å². The molecule has 0 fully saturated rings. The van der Waals surface area contributed by atoms with Crippen LogP contribution in [0.1, 0.15) is 31.7 Å². The van der Waals surface area contributed by atoms with Crippen molar-refractivity contribution in [3.63, 3.8) is 0 Å². The molecule has 6 heteroatoms. The zero-order chi connectivity index (χ0) is 13.9. The minimum absolute atomic E-state index is 0.252. The monoisotopic (exact) mass is 273 g/mol. The number of hydrogen-bond acceptors (Lipinski definition) is 3. The number of nitrogens with one attached hydrogen (secondary N) is 1. The molecule has 0 bridgehead atoms. The number of carboxylic acid groups (broad SMARTS) is 1. The fraction of sp³-hybridized carbons (Fsp3) is 0.667. The van der Waals surface area contributed by atoms with Crippen LogP contribution in [0.4, 0.5) is 0 Å². The number of nitrogens with zero attached hydrogens (tertiary/aromatic N) is 2. The Labute approximate surface area is 112 Å². The normalized spacial score (nSPS) is 14.5. The number of aromatic nitrogens is 2. The first-order valence-corrected chi connectivity index (χ1v) is 6.37. The fourth-order valence-corrected chi connectivity index (χ4v) is 1.86. The number of hydrogen-bond donors (Lipinski definition) is 2. The van der Waals surface area contributed by atoms with Crippen molar-refractivity contribution in [2.24, 2.45) is 0 Å². The molecule has 1 aromatic rings. The van der Waals surface area contributed by atoms with Gasteiger partial charge in [-0.25, -0.2) is 0 Å². The zero-order valence-electron chi connectivity index (χ0n) is 11.2. The molecule has 1 heterocycles. The predicted molar refractivity (Wildman–Crippen MR) is 71.0 cm³/mol. The summed E-state index contributed by atoms with van der Waals surface area (Å²) in [6, 6.07) is 0. The molecule has 0 spiro atoms. The first kappa shape index (κ1) is 15.0. The fourth-order valence-electron chi connectivity index (χ4n) is 1.73. The van der Waals surface area contributed by atoms with Crippen LogP contribution in [0.25, 0.3) is 0 Å². The summed E-state index contributed by atoms with van der Waals surface area (Å²) in [5.41, 5.74) is 0.472. The summed E-state index contributed by atoms with van der Waals surface area (Å²) < 4.78 is 1.65. The van der Waals surface area contributed by atoms with Gasteiger partial charge in [-0.15, -0.1) is 0 Å². The van der Waals surface area contributed by atoms with E-state index in [2.05, 4.69) is 10.4 Å². The van der Waals surface area contributed by atoms with E-state index in [0.29, 0.717) is 11.6 Å². The van der Waals surface area contributed by atoms with Crippen molar-refractivity contribution >= 4 is 17.6 Å². The van der Waals surface area contributed by atoms with Gasteiger partial charge in [-0.3, -0.25) is 9.48 Å². The van der Waals surface area contributed by atoms with Crippen LogP contribution >= 0.6 is 11.6 Å². The van der Waals surface area contributed by atoms with Gasteiger partial charge in [0.2, 0.25) is 0 Å². The number of carboxylic acids is 1. The molecule has 2 N–H and O–H groups in total. The minimum Gasteiger partial charge on any atom is -0.480 e. The molecule has 5 nitrogen and oxygen atoms in total. The van der Waals surface area contributed by atoms with Crippen LogP contribution in [-0.2, 0) is 11.3 Å². The second-order valence-corrected chi connectivity index (χ2v) is 5.08. The van der Waals surface area contributed by atoms with Gasteiger partial charge < -0.3 is 10.4 Å². The van der Waals surface area contributed by atoms with E-state index in [-0.39, 0.29) is 6.54 Å². The summed E-state index contributed by atoms with van der Waals surface area (Å²) in [7, 11) is 0. The highest BCUT2D eigenvalue weighted by Crippen LogP contribution is 2.20. The van der Waals surface area contributed by atoms with Gasteiger partial charge in [-0.05, 0) is 33.7 Å². The Morgan fingerprint density at radius 2 is 2.17 bits per heavy atom. The highest BCUT2D eigenvalue weighted by molar-refractivity contribution is 6.31. The standard InChI is InChI=1S/C12H20ClN3O2/c1-5-6-14-12(4,11(17)18)7-16-9(3)10(13)8(2)15-16/h14H,5-7H2,1-4H3,(H,17,18). The molecule has 0 radical (unpaired) electrons. The summed E-state index contributed by atoms with van der Waals surface area (Å²) in [5, 5.41) is 17.3. The van der Waals surface area contributed by atoms with Crippen LogP contribution in [0.2, 0.25) is 5.02 Å². The summed E-state index contributed by atoms with van der Waals surface area (Å²) in [5.74, 6) is -0.889. The van der Waals surface area contributed by atoms with Crippen molar-refractivity contribution in [2.45, 2.75) is 46.2 Å². The van der Waals surface area contributed by atoms with Gasteiger partial charge in [-0.1, -0.05) is 18.5 Å². The number of aryl methyl sites for hydroxylation is 1. The molecule has 0 aliphatic heterocycles. The topological polar surface area (TPSA) is 67.2 Å². The van der Waals surface area contributed by atoms with E-state index < -0.39 is 11.5 Å². The highest BCUT2D eigenvalue weighted by Gasteiger charge is 2.34. The lowest BCUT2D eigenvalue weighted by Gasteiger charge is -2.26. The average Bonchev–Trinajstić information content (AvgIpc) is 2.54. The van der Waals surface area contributed by atoms with Crippen molar-refractivity contribution in [3.8, 4) is 0 Å². The Morgan fingerprint density at radius 3 is 2.56 bits per heavy atom. The molecule has 0 aliphatic carbocycles. The Balaban J connectivity index is 2.96. The zero-order valence-corrected chi connectivity index (χ0v) is 12.0. The van der Waals surface area contributed by atoms with E-state index in [4.69, 9.17) is 11.6 Å². The maximum Gasteiger partial charge on any atom is 0.325 e. The van der Waals surface area contributed by atoms with E-state index in [1.807, 2.05) is 20.8 Å². The van der Waals surface area contributed by atoms with Crippen LogP contribution in [-0.4, -0.2) is 32.9 Å². The number of aliphatic carboxylic acids is 1. The maximum atomic E-state index is 11.4. The molecule has 0 aliphatic rings. The van der Waals surface area contributed by atoms with Gasteiger partial charge in [0.15, 0.2) is 0 Å². The third-order valence-corrected chi connectivity index (χ3v) is 3.54.